The lowest BCUT2D eigenvalue weighted by Gasteiger charge is -2.24. The molecule has 0 saturated carbocycles. The molecule has 5 heteroatoms. The molecular formula is C17H25N3O2. The second kappa shape index (κ2) is 5.99. The summed E-state index contributed by atoms with van der Waals surface area (Å²) in [5.74, 6) is 0.0377. The van der Waals surface area contributed by atoms with Crippen LogP contribution in [0.2, 0.25) is 0 Å². The second-order valence-corrected chi connectivity index (χ2v) is 6.87. The van der Waals surface area contributed by atoms with Gasteiger partial charge in [0.05, 0.1) is 0 Å². The Morgan fingerprint density at radius 2 is 1.95 bits per heavy atom. The molecule has 1 aliphatic heterocycles. The van der Waals surface area contributed by atoms with Gasteiger partial charge in [0.25, 0.3) is 0 Å². The zero-order chi connectivity index (χ0) is 16.5. The van der Waals surface area contributed by atoms with Crippen LogP contribution in [0.4, 0.5) is 11.4 Å². The fourth-order valence-corrected chi connectivity index (χ4v) is 2.61. The van der Waals surface area contributed by atoms with Crippen LogP contribution in [0.5, 0.6) is 0 Å². The molecule has 0 aromatic heterocycles. The largest absolute Gasteiger partial charge is 0.374 e. The summed E-state index contributed by atoms with van der Waals surface area (Å²) in [5, 5.41) is 6.18. The van der Waals surface area contributed by atoms with Gasteiger partial charge in [0, 0.05) is 30.4 Å². The molecule has 1 heterocycles. The van der Waals surface area contributed by atoms with Crippen molar-refractivity contribution in [2.24, 2.45) is 0 Å². The molecule has 0 saturated heterocycles. The molecule has 120 valence electrons. The Balaban J connectivity index is 2.06. The highest BCUT2D eigenvalue weighted by Crippen LogP contribution is 2.30. The maximum absolute atomic E-state index is 12.1. The van der Waals surface area contributed by atoms with Crippen LogP contribution in [0.1, 0.15) is 40.2 Å². The first-order valence-corrected chi connectivity index (χ1v) is 7.67. The third-order valence-corrected chi connectivity index (χ3v) is 3.63. The molecule has 0 radical (unpaired) electrons. The number of rotatable bonds is 3. The minimum Gasteiger partial charge on any atom is -0.374 e. The van der Waals surface area contributed by atoms with Gasteiger partial charge in [0.1, 0.15) is 6.04 Å². The monoisotopic (exact) mass is 303 g/mol. The SMILES string of the molecule is CC(=O)N1CCc2cc(NC(C)C(=O)NC(C)(C)C)ccc21. The van der Waals surface area contributed by atoms with Crippen LogP contribution in [-0.4, -0.2) is 29.9 Å². The van der Waals surface area contributed by atoms with Gasteiger partial charge in [-0.05, 0) is 57.9 Å². The lowest BCUT2D eigenvalue weighted by molar-refractivity contribution is -0.123. The highest BCUT2D eigenvalue weighted by atomic mass is 16.2. The van der Waals surface area contributed by atoms with E-state index in [2.05, 4.69) is 10.6 Å². The zero-order valence-electron chi connectivity index (χ0n) is 14.0. The minimum atomic E-state index is -0.317. The summed E-state index contributed by atoms with van der Waals surface area (Å²) in [6.45, 7) is 10.0. The Morgan fingerprint density at radius 1 is 1.27 bits per heavy atom. The Labute approximate surface area is 132 Å². The molecule has 1 atom stereocenters. The molecule has 0 aliphatic carbocycles. The Morgan fingerprint density at radius 3 is 2.55 bits per heavy atom. The van der Waals surface area contributed by atoms with E-state index in [0.717, 1.165) is 29.9 Å². The molecule has 22 heavy (non-hydrogen) atoms. The summed E-state index contributed by atoms with van der Waals surface area (Å²) < 4.78 is 0. The van der Waals surface area contributed by atoms with Crippen LogP contribution >= 0.6 is 0 Å². The number of hydrogen-bond donors (Lipinski definition) is 2. The van der Waals surface area contributed by atoms with Crippen LogP contribution in [-0.2, 0) is 16.0 Å². The van der Waals surface area contributed by atoms with Crippen LogP contribution in [0.3, 0.4) is 0 Å². The maximum atomic E-state index is 12.1. The van der Waals surface area contributed by atoms with Gasteiger partial charge >= 0.3 is 0 Å². The van der Waals surface area contributed by atoms with E-state index in [1.807, 2.05) is 45.9 Å². The quantitative estimate of drug-likeness (QED) is 0.901. The van der Waals surface area contributed by atoms with Gasteiger partial charge in [-0.1, -0.05) is 0 Å². The summed E-state index contributed by atoms with van der Waals surface area (Å²) in [6.07, 6.45) is 0.854. The molecule has 2 rings (SSSR count). The lowest BCUT2D eigenvalue weighted by atomic mass is 10.1. The summed E-state index contributed by atoms with van der Waals surface area (Å²) >= 11 is 0. The van der Waals surface area contributed by atoms with E-state index in [1.54, 1.807) is 11.8 Å². The number of nitrogens with one attached hydrogen (secondary N) is 2. The number of fused-ring (bicyclic) bond motifs is 1. The molecule has 5 nitrogen and oxygen atoms in total. The molecule has 0 fully saturated rings. The third-order valence-electron chi connectivity index (χ3n) is 3.63. The van der Waals surface area contributed by atoms with Crippen molar-refractivity contribution >= 4 is 23.2 Å². The molecule has 2 amide bonds. The number of amides is 2. The van der Waals surface area contributed by atoms with Gasteiger partial charge in [0.15, 0.2) is 0 Å². The van der Waals surface area contributed by atoms with Crippen LogP contribution < -0.4 is 15.5 Å². The van der Waals surface area contributed by atoms with E-state index >= 15 is 0 Å². The number of anilines is 2. The summed E-state index contributed by atoms with van der Waals surface area (Å²) in [6, 6.07) is 5.57. The molecule has 1 unspecified atom stereocenters. The minimum absolute atomic E-state index is 0.0293. The topological polar surface area (TPSA) is 61.4 Å². The molecule has 2 N–H and O–H groups in total. The number of hydrogen-bond acceptors (Lipinski definition) is 3. The van der Waals surface area contributed by atoms with Crippen LogP contribution in [0.15, 0.2) is 18.2 Å². The summed E-state index contributed by atoms with van der Waals surface area (Å²) in [5.41, 5.74) is 2.78. The Bertz CT molecular complexity index is 590. The van der Waals surface area contributed by atoms with Crippen molar-refractivity contribution in [1.82, 2.24) is 5.32 Å². The van der Waals surface area contributed by atoms with Crippen LogP contribution in [0, 0.1) is 0 Å². The molecular weight excluding hydrogens is 278 g/mol. The van der Waals surface area contributed by atoms with Crippen molar-refractivity contribution in [2.45, 2.75) is 52.6 Å². The van der Waals surface area contributed by atoms with E-state index in [9.17, 15) is 9.59 Å². The standard InChI is InChI=1S/C17H25N3O2/c1-11(16(22)19-17(3,4)5)18-14-6-7-15-13(10-14)8-9-20(15)12(2)21/h6-7,10-11,18H,8-9H2,1-5H3,(H,19,22). The van der Waals surface area contributed by atoms with Gasteiger partial charge in [0.2, 0.25) is 11.8 Å². The first kappa shape index (κ1) is 16.3. The number of benzene rings is 1. The normalized spacial score (nSPS) is 15.2. The van der Waals surface area contributed by atoms with E-state index < -0.39 is 0 Å². The summed E-state index contributed by atoms with van der Waals surface area (Å²) in [4.78, 5) is 25.4. The van der Waals surface area contributed by atoms with Crippen molar-refractivity contribution in [2.75, 3.05) is 16.8 Å². The number of carbonyl (C=O) groups is 2. The van der Waals surface area contributed by atoms with Gasteiger partial charge in [-0.3, -0.25) is 9.59 Å². The van der Waals surface area contributed by atoms with Gasteiger partial charge in [-0.15, -0.1) is 0 Å². The fourth-order valence-electron chi connectivity index (χ4n) is 2.61. The van der Waals surface area contributed by atoms with Gasteiger partial charge < -0.3 is 15.5 Å². The fraction of sp³-hybridized carbons (Fsp3) is 0.529. The van der Waals surface area contributed by atoms with Crippen molar-refractivity contribution in [3.05, 3.63) is 23.8 Å². The molecule has 0 bridgehead atoms. The maximum Gasteiger partial charge on any atom is 0.242 e. The third kappa shape index (κ3) is 3.78. The lowest BCUT2D eigenvalue weighted by Crippen LogP contribution is -2.47. The van der Waals surface area contributed by atoms with E-state index in [4.69, 9.17) is 0 Å². The number of nitrogens with zero attached hydrogens (tertiary/aromatic N) is 1. The average Bonchev–Trinajstić information content (AvgIpc) is 2.79. The van der Waals surface area contributed by atoms with Crippen molar-refractivity contribution in [3.63, 3.8) is 0 Å². The predicted molar refractivity (Wildman–Crippen MR) is 89.2 cm³/mol. The first-order chi connectivity index (χ1) is 10.2. The van der Waals surface area contributed by atoms with Crippen molar-refractivity contribution in [1.29, 1.82) is 0 Å². The highest BCUT2D eigenvalue weighted by Gasteiger charge is 2.23. The average molecular weight is 303 g/mol. The Kier molecular flexibility index (Phi) is 4.44. The second-order valence-electron chi connectivity index (χ2n) is 6.87. The van der Waals surface area contributed by atoms with E-state index in [-0.39, 0.29) is 23.4 Å². The molecule has 1 aliphatic rings. The summed E-state index contributed by atoms with van der Waals surface area (Å²) in [7, 11) is 0. The van der Waals surface area contributed by atoms with Gasteiger partial charge in [-0.25, -0.2) is 0 Å². The predicted octanol–water partition coefficient (Wildman–Crippen LogP) is 2.31. The molecule has 1 aromatic rings. The van der Waals surface area contributed by atoms with E-state index in [0.29, 0.717) is 0 Å². The number of carbonyl (C=O) groups excluding carboxylic acids is 2. The smallest absolute Gasteiger partial charge is 0.242 e. The van der Waals surface area contributed by atoms with Crippen molar-refractivity contribution < 1.29 is 9.59 Å². The molecule has 1 aromatic carbocycles. The molecule has 0 spiro atoms. The van der Waals surface area contributed by atoms with Crippen molar-refractivity contribution in [3.8, 4) is 0 Å². The highest BCUT2D eigenvalue weighted by molar-refractivity contribution is 5.94. The van der Waals surface area contributed by atoms with Crippen LogP contribution in [0.25, 0.3) is 0 Å². The Hall–Kier alpha value is -2.04. The zero-order valence-corrected chi connectivity index (χ0v) is 14.0. The first-order valence-electron chi connectivity index (χ1n) is 7.67. The van der Waals surface area contributed by atoms with Gasteiger partial charge in [-0.2, -0.15) is 0 Å². The van der Waals surface area contributed by atoms with E-state index in [1.165, 1.54) is 0 Å².